The van der Waals surface area contributed by atoms with Crippen LogP contribution >= 0.6 is 11.6 Å². The summed E-state index contributed by atoms with van der Waals surface area (Å²) in [7, 11) is 0. The van der Waals surface area contributed by atoms with E-state index in [4.69, 9.17) is 27.5 Å². The quantitative estimate of drug-likeness (QED) is 0.222. The molecule has 0 saturated carbocycles. The van der Waals surface area contributed by atoms with Gasteiger partial charge in [-0.1, -0.05) is 17.5 Å². The van der Waals surface area contributed by atoms with Crippen LogP contribution in [0.5, 0.6) is 11.5 Å². The van der Waals surface area contributed by atoms with E-state index in [1.54, 1.807) is 6.92 Å². The summed E-state index contributed by atoms with van der Waals surface area (Å²) in [6, 6.07) is -3.36. The number of benzene rings is 1. The molecule has 0 atom stereocenters. The largest absolute Gasteiger partial charge is 0.490 e. The number of nitrogens with one attached hydrogen (secondary N) is 1. The second-order valence-electron chi connectivity index (χ2n) is 4.77. The van der Waals surface area contributed by atoms with Gasteiger partial charge in [-0.2, -0.15) is 35.8 Å². The molecule has 0 radical (unpaired) electrons. The number of rotatable bonds is 8. The van der Waals surface area contributed by atoms with Crippen molar-refractivity contribution >= 4 is 17.8 Å². The fraction of sp³-hybridized carbons (Fsp3) is 0.400. The first-order chi connectivity index (χ1) is 12.4. The number of halogens is 8. The van der Waals surface area contributed by atoms with Gasteiger partial charge < -0.3 is 9.47 Å². The third kappa shape index (κ3) is 5.32. The molecule has 0 aliphatic carbocycles. The summed E-state index contributed by atoms with van der Waals surface area (Å²) in [5.41, 5.74) is 0.452. The fourth-order valence-corrected chi connectivity index (χ4v) is 1.89. The maximum absolute atomic E-state index is 13.1. The Labute approximate surface area is 154 Å². The molecular formula is C15H12ClF7N2O2. The van der Waals surface area contributed by atoms with Crippen LogP contribution in [0.1, 0.15) is 12.5 Å². The van der Waals surface area contributed by atoms with Crippen molar-refractivity contribution < 1.29 is 40.2 Å². The summed E-state index contributed by atoms with van der Waals surface area (Å²) in [5.74, 6) is -4.08. The first kappa shape index (κ1) is 22.7. The predicted molar refractivity (Wildman–Crippen MR) is 83.6 cm³/mol. The van der Waals surface area contributed by atoms with Crippen molar-refractivity contribution in [3.05, 3.63) is 22.7 Å². The van der Waals surface area contributed by atoms with Crippen molar-refractivity contribution in [2.75, 3.05) is 13.2 Å². The number of hydrazone groups is 1. The van der Waals surface area contributed by atoms with Gasteiger partial charge >= 0.3 is 18.1 Å². The van der Waals surface area contributed by atoms with E-state index in [1.807, 2.05) is 0 Å². The first-order valence-corrected chi connectivity index (χ1v) is 7.40. The molecule has 1 rings (SSSR count). The van der Waals surface area contributed by atoms with Gasteiger partial charge in [0.05, 0.1) is 17.8 Å². The number of ether oxygens (including phenoxy) is 2. The molecular weight excluding hydrogens is 409 g/mol. The van der Waals surface area contributed by atoms with Gasteiger partial charge in [0.1, 0.15) is 6.61 Å². The van der Waals surface area contributed by atoms with Gasteiger partial charge in [-0.3, -0.25) is 0 Å². The summed E-state index contributed by atoms with van der Waals surface area (Å²) in [5, 5.41) is 2.66. The summed E-state index contributed by atoms with van der Waals surface area (Å²) in [6.45, 7) is 1.60. The number of alkyl halides is 7. The van der Waals surface area contributed by atoms with Crippen LogP contribution in [0.25, 0.3) is 0 Å². The lowest BCUT2D eigenvalue weighted by Gasteiger charge is -2.27. The van der Waals surface area contributed by atoms with E-state index < -0.39 is 18.1 Å². The molecule has 1 N–H and O–H groups in total. The monoisotopic (exact) mass is 420 g/mol. The van der Waals surface area contributed by atoms with Crippen molar-refractivity contribution in [2.24, 2.45) is 5.10 Å². The molecule has 0 bridgehead atoms. The molecule has 1 aromatic carbocycles. The van der Waals surface area contributed by atoms with E-state index in [2.05, 4.69) is 11.0 Å². The minimum atomic E-state index is -6.47. The van der Waals surface area contributed by atoms with Crippen LogP contribution in [-0.4, -0.2) is 37.6 Å². The second kappa shape index (κ2) is 8.56. The van der Waals surface area contributed by atoms with E-state index >= 15 is 0 Å². The van der Waals surface area contributed by atoms with Crippen molar-refractivity contribution in [2.45, 2.75) is 25.1 Å². The highest BCUT2D eigenvalue weighted by molar-refractivity contribution is 6.32. The number of nitrogens with zero attached hydrogens (tertiary/aromatic N) is 1. The van der Waals surface area contributed by atoms with Gasteiger partial charge in [-0.15, -0.1) is 6.42 Å². The van der Waals surface area contributed by atoms with Crippen LogP contribution in [-0.2, 0) is 0 Å². The van der Waals surface area contributed by atoms with E-state index in [0.717, 1.165) is 6.07 Å². The Balaban J connectivity index is 3.06. The molecule has 0 fully saturated rings. The maximum atomic E-state index is 13.1. The lowest BCUT2D eigenvalue weighted by atomic mass is 10.2. The van der Waals surface area contributed by atoms with Crippen LogP contribution in [0, 0.1) is 12.3 Å². The van der Waals surface area contributed by atoms with Crippen molar-refractivity contribution in [1.82, 2.24) is 5.43 Å². The van der Waals surface area contributed by atoms with Crippen molar-refractivity contribution in [1.29, 1.82) is 0 Å². The zero-order chi connectivity index (χ0) is 20.9. The zero-order valence-corrected chi connectivity index (χ0v) is 14.3. The van der Waals surface area contributed by atoms with E-state index in [0.29, 0.717) is 11.6 Å². The molecule has 12 heteroatoms. The van der Waals surface area contributed by atoms with Crippen LogP contribution < -0.4 is 14.9 Å². The lowest BCUT2D eigenvalue weighted by Crippen LogP contribution is -2.58. The Kier molecular flexibility index (Phi) is 7.19. The van der Waals surface area contributed by atoms with Crippen LogP contribution in [0.3, 0.4) is 0 Å². The minimum absolute atomic E-state index is 0.0362. The highest BCUT2D eigenvalue weighted by atomic mass is 35.5. The molecule has 0 saturated heterocycles. The van der Waals surface area contributed by atoms with Gasteiger partial charge in [0.15, 0.2) is 11.5 Å². The lowest BCUT2D eigenvalue weighted by molar-refractivity contribution is -0.361. The van der Waals surface area contributed by atoms with Gasteiger partial charge in [0, 0.05) is 0 Å². The summed E-state index contributed by atoms with van der Waals surface area (Å²) >= 11 is 5.93. The molecule has 1 aromatic rings. The number of terminal acetylenes is 1. The Morgan fingerprint density at radius 1 is 1.19 bits per heavy atom. The van der Waals surface area contributed by atoms with Crippen molar-refractivity contribution in [3.8, 4) is 23.8 Å². The van der Waals surface area contributed by atoms with E-state index in [1.165, 1.54) is 6.07 Å². The summed E-state index contributed by atoms with van der Waals surface area (Å²) in [6.07, 6.45) is -0.865. The first-order valence-electron chi connectivity index (χ1n) is 7.02. The topological polar surface area (TPSA) is 42.8 Å². The third-order valence-corrected chi connectivity index (χ3v) is 3.08. The van der Waals surface area contributed by atoms with Gasteiger partial charge in [0.25, 0.3) is 0 Å². The maximum Gasteiger partial charge on any atom is 0.462 e. The summed E-state index contributed by atoms with van der Waals surface area (Å²) < 4.78 is 98.2. The summed E-state index contributed by atoms with van der Waals surface area (Å²) in [4.78, 5) is 0. The van der Waals surface area contributed by atoms with Crippen LogP contribution in [0.4, 0.5) is 30.7 Å². The van der Waals surface area contributed by atoms with Crippen LogP contribution in [0.2, 0.25) is 5.02 Å². The zero-order valence-electron chi connectivity index (χ0n) is 13.5. The third-order valence-electron chi connectivity index (χ3n) is 2.80. The SMILES string of the molecule is C#CCOc1c(Cl)cc(/C=N/NC(F)(F)C(F)(F)C(F)(F)F)cc1OCC. The smallest absolute Gasteiger partial charge is 0.462 e. The average Bonchev–Trinajstić information content (AvgIpc) is 2.53. The van der Waals surface area contributed by atoms with Crippen molar-refractivity contribution in [3.63, 3.8) is 0 Å². The van der Waals surface area contributed by atoms with Gasteiger partial charge in [-0.05, 0) is 24.6 Å². The van der Waals surface area contributed by atoms with Gasteiger partial charge in [-0.25, -0.2) is 5.43 Å². The number of hydrogen-bond acceptors (Lipinski definition) is 4. The normalized spacial score (nSPS) is 12.7. The van der Waals surface area contributed by atoms with Crippen LogP contribution in [0.15, 0.2) is 17.2 Å². The average molecular weight is 421 g/mol. The molecule has 0 aliphatic rings. The molecule has 0 aromatic heterocycles. The van der Waals surface area contributed by atoms with E-state index in [-0.39, 0.29) is 35.3 Å². The Morgan fingerprint density at radius 3 is 2.33 bits per heavy atom. The predicted octanol–water partition coefficient (Wildman–Crippen LogP) is 4.46. The fourth-order valence-electron chi connectivity index (χ4n) is 1.62. The molecule has 0 heterocycles. The molecule has 0 amide bonds. The Hall–Kier alpha value is -2.35. The Bertz CT molecular complexity index is 730. The highest BCUT2D eigenvalue weighted by Crippen LogP contribution is 2.45. The number of hydrogen-bond donors (Lipinski definition) is 1. The van der Waals surface area contributed by atoms with E-state index in [9.17, 15) is 30.7 Å². The molecule has 0 unspecified atom stereocenters. The minimum Gasteiger partial charge on any atom is -0.490 e. The van der Waals surface area contributed by atoms with Gasteiger partial charge in [0.2, 0.25) is 0 Å². The Morgan fingerprint density at radius 2 is 1.81 bits per heavy atom. The molecule has 0 aliphatic heterocycles. The second-order valence-corrected chi connectivity index (χ2v) is 5.18. The standard InChI is InChI=1S/C15H12ClF7N2O2/c1-3-5-27-12-10(16)6-9(7-11(12)26-4-2)8-24-25-15(22,23)13(17,18)14(19,20)21/h1,6-8,25H,4-5H2,2H3/b24-8+. The molecule has 150 valence electrons. The highest BCUT2D eigenvalue weighted by Gasteiger charge is 2.73. The molecule has 27 heavy (non-hydrogen) atoms. The molecule has 4 nitrogen and oxygen atoms in total. The molecule has 0 spiro atoms.